The van der Waals surface area contributed by atoms with Crippen molar-refractivity contribution < 1.29 is 4.52 Å². The molecule has 1 aromatic rings. The molecule has 0 fully saturated rings. The van der Waals surface area contributed by atoms with Crippen LogP contribution in [0.4, 0.5) is 0 Å². The first-order chi connectivity index (χ1) is 6.65. The van der Waals surface area contributed by atoms with Gasteiger partial charge in [-0.15, -0.1) is 0 Å². The summed E-state index contributed by atoms with van der Waals surface area (Å²) < 4.78 is 5.22. The lowest BCUT2D eigenvalue weighted by molar-refractivity contribution is 0.346. The number of hydrogen-bond acceptors (Lipinski definition) is 3. The highest BCUT2D eigenvalue weighted by Crippen LogP contribution is 2.21. The van der Waals surface area contributed by atoms with Gasteiger partial charge >= 0.3 is 0 Å². The molecule has 0 N–H and O–H groups in total. The second-order valence-corrected chi connectivity index (χ2v) is 4.19. The van der Waals surface area contributed by atoms with Crippen LogP contribution < -0.4 is 0 Å². The van der Waals surface area contributed by atoms with Crippen LogP contribution in [0.25, 0.3) is 0 Å². The highest BCUT2D eigenvalue weighted by molar-refractivity contribution is 4.95. The molecule has 14 heavy (non-hydrogen) atoms. The molecule has 0 aliphatic heterocycles. The van der Waals surface area contributed by atoms with E-state index in [1.807, 2.05) is 0 Å². The Morgan fingerprint density at radius 1 is 1.29 bits per heavy atom. The van der Waals surface area contributed by atoms with Crippen molar-refractivity contribution in [1.29, 1.82) is 0 Å². The van der Waals surface area contributed by atoms with Gasteiger partial charge in [-0.05, 0) is 6.42 Å². The number of hydrogen-bond donors (Lipinski definition) is 0. The quantitative estimate of drug-likeness (QED) is 0.723. The van der Waals surface area contributed by atoms with E-state index in [0.717, 1.165) is 18.1 Å². The molecule has 1 atom stereocenters. The van der Waals surface area contributed by atoms with Gasteiger partial charge in [0.25, 0.3) is 0 Å². The number of unbranched alkanes of at least 4 members (excludes halogenated alkanes) is 1. The molecule has 1 unspecified atom stereocenters. The zero-order valence-corrected chi connectivity index (χ0v) is 9.58. The largest absolute Gasteiger partial charge is 0.339 e. The van der Waals surface area contributed by atoms with Crippen LogP contribution in [0.15, 0.2) is 4.52 Å². The molecule has 3 nitrogen and oxygen atoms in total. The van der Waals surface area contributed by atoms with E-state index in [9.17, 15) is 0 Å². The summed E-state index contributed by atoms with van der Waals surface area (Å²) in [4.78, 5) is 4.38. The molecular weight excluding hydrogens is 176 g/mol. The molecule has 0 aromatic carbocycles. The summed E-state index contributed by atoms with van der Waals surface area (Å²) in [6.07, 6.45) is 3.58. The molecule has 3 heteroatoms. The average molecular weight is 196 g/mol. The lowest BCUT2D eigenvalue weighted by atomic mass is 10.0. The predicted octanol–water partition coefficient (Wildman–Crippen LogP) is 3.49. The number of rotatable bonds is 5. The summed E-state index contributed by atoms with van der Waals surface area (Å²) in [5, 5.41) is 3.96. The van der Waals surface area contributed by atoms with Crippen molar-refractivity contribution >= 4 is 0 Å². The first-order valence-electron chi connectivity index (χ1n) is 5.48. The minimum absolute atomic E-state index is 0.353. The summed E-state index contributed by atoms with van der Waals surface area (Å²) in [7, 11) is 0. The van der Waals surface area contributed by atoms with Crippen molar-refractivity contribution in [3.63, 3.8) is 0 Å². The van der Waals surface area contributed by atoms with Crippen LogP contribution in [0.1, 0.15) is 70.5 Å². The van der Waals surface area contributed by atoms with Crippen LogP contribution in [-0.4, -0.2) is 10.1 Å². The number of aromatic nitrogens is 2. The molecule has 0 aliphatic carbocycles. The molecular formula is C11H20N2O. The fourth-order valence-electron chi connectivity index (χ4n) is 1.32. The van der Waals surface area contributed by atoms with Crippen LogP contribution in [0.3, 0.4) is 0 Å². The summed E-state index contributed by atoms with van der Waals surface area (Å²) in [6, 6.07) is 0. The van der Waals surface area contributed by atoms with Gasteiger partial charge in [0.1, 0.15) is 0 Å². The molecule has 1 aromatic heterocycles. The molecule has 1 heterocycles. The van der Waals surface area contributed by atoms with Gasteiger partial charge in [-0.2, -0.15) is 4.98 Å². The molecule has 80 valence electrons. The summed E-state index contributed by atoms with van der Waals surface area (Å²) >= 11 is 0. The summed E-state index contributed by atoms with van der Waals surface area (Å²) in [5.74, 6) is 2.37. The first kappa shape index (κ1) is 11.2. The summed E-state index contributed by atoms with van der Waals surface area (Å²) in [6.45, 7) is 8.49. The van der Waals surface area contributed by atoms with Crippen molar-refractivity contribution in [1.82, 2.24) is 10.1 Å². The molecule has 0 amide bonds. The first-order valence-corrected chi connectivity index (χ1v) is 5.48. The Morgan fingerprint density at radius 2 is 2.00 bits per heavy atom. The van der Waals surface area contributed by atoms with Gasteiger partial charge in [0.2, 0.25) is 5.89 Å². The van der Waals surface area contributed by atoms with Crippen LogP contribution >= 0.6 is 0 Å². The second-order valence-electron chi connectivity index (χ2n) is 4.19. The minimum atomic E-state index is 0.353. The van der Waals surface area contributed by atoms with Gasteiger partial charge in [-0.25, -0.2) is 0 Å². The van der Waals surface area contributed by atoms with E-state index in [1.165, 1.54) is 12.8 Å². The maximum Gasteiger partial charge on any atom is 0.229 e. The third kappa shape index (κ3) is 2.82. The van der Waals surface area contributed by atoms with E-state index < -0.39 is 0 Å². The maximum atomic E-state index is 5.22. The van der Waals surface area contributed by atoms with Gasteiger partial charge < -0.3 is 4.52 Å². The average Bonchev–Trinajstić information content (AvgIpc) is 2.62. The second kappa shape index (κ2) is 5.13. The fraction of sp³-hybridized carbons (Fsp3) is 0.818. The standard InChI is InChI=1S/C11H20N2O/c1-5-6-7-9(4)11-12-10(8(2)3)13-14-11/h8-9H,5-7H2,1-4H3. The minimum Gasteiger partial charge on any atom is -0.339 e. The molecule has 1 rings (SSSR count). The molecule has 0 aliphatic rings. The SMILES string of the molecule is CCCCC(C)c1nc(C(C)C)no1. The Bertz CT molecular complexity index is 268. The van der Waals surface area contributed by atoms with Gasteiger partial charge in [-0.3, -0.25) is 0 Å². The van der Waals surface area contributed by atoms with Crippen molar-refractivity contribution in [2.24, 2.45) is 0 Å². The smallest absolute Gasteiger partial charge is 0.229 e. The molecule has 0 spiro atoms. The molecule has 0 saturated heterocycles. The van der Waals surface area contributed by atoms with Gasteiger partial charge in [0.15, 0.2) is 5.82 Å². The lowest BCUT2D eigenvalue weighted by Gasteiger charge is -2.03. The Morgan fingerprint density at radius 3 is 2.50 bits per heavy atom. The van der Waals surface area contributed by atoms with Gasteiger partial charge in [0.05, 0.1) is 0 Å². The van der Waals surface area contributed by atoms with E-state index in [1.54, 1.807) is 0 Å². The Labute approximate surface area is 85.9 Å². The van der Waals surface area contributed by atoms with Crippen LogP contribution in [-0.2, 0) is 0 Å². The molecule has 0 saturated carbocycles. The highest BCUT2D eigenvalue weighted by Gasteiger charge is 2.14. The lowest BCUT2D eigenvalue weighted by Crippen LogP contribution is -1.95. The molecule has 0 bridgehead atoms. The summed E-state index contributed by atoms with van der Waals surface area (Å²) in [5.41, 5.74) is 0. The maximum absolute atomic E-state index is 5.22. The normalized spacial score (nSPS) is 13.5. The predicted molar refractivity (Wildman–Crippen MR) is 56.3 cm³/mol. The third-order valence-electron chi connectivity index (χ3n) is 2.39. The fourth-order valence-corrected chi connectivity index (χ4v) is 1.32. The monoisotopic (exact) mass is 196 g/mol. The van der Waals surface area contributed by atoms with Crippen molar-refractivity contribution in [3.8, 4) is 0 Å². The Balaban J connectivity index is 2.57. The van der Waals surface area contributed by atoms with Crippen molar-refractivity contribution in [2.75, 3.05) is 0 Å². The van der Waals surface area contributed by atoms with E-state index in [-0.39, 0.29) is 0 Å². The highest BCUT2D eigenvalue weighted by atomic mass is 16.5. The van der Waals surface area contributed by atoms with Crippen molar-refractivity contribution in [2.45, 2.75) is 58.8 Å². The van der Waals surface area contributed by atoms with Crippen LogP contribution in [0.2, 0.25) is 0 Å². The van der Waals surface area contributed by atoms with E-state index in [0.29, 0.717) is 11.8 Å². The van der Waals surface area contributed by atoms with Crippen LogP contribution in [0, 0.1) is 0 Å². The van der Waals surface area contributed by atoms with Gasteiger partial charge in [0, 0.05) is 11.8 Å². The Hall–Kier alpha value is -0.860. The van der Waals surface area contributed by atoms with Crippen molar-refractivity contribution in [3.05, 3.63) is 11.7 Å². The topological polar surface area (TPSA) is 38.9 Å². The van der Waals surface area contributed by atoms with E-state index in [4.69, 9.17) is 4.52 Å². The van der Waals surface area contributed by atoms with E-state index >= 15 is 0 Å². The van der Waals surface area contributed by atoms with Gasteiger partial charge in [-0.1, -0.05) is 45.7 Å². The zero-order chi connectivity index (χ0) is 10.6. The number of nitrogens with zero attached hydrogens (tertiary/aromatic N) is 2. The Kier molecular flexibility index (Phi) is 4.11. The molecule has 0 radical (unpaired) electrons. The van der Waals surface area contributed by atoms with E-state index in [2.05, 4.69) is 37.8 Å². The van der Waals surface area contributed by atoms with Crippen LogP contribution in [0.5, 0.6) is 0 Å². The third-order valence-corrected chi connectivity index (χ3v) is 2.39. The zero-order valence-electron chi connectivity index (χ0n) is 9.58.